The lowest BCUT2D eigenvalue weighted by atomic mass is 9.80. The molecule has 0 amide bonds. The summed E-state index contributed by atoms with van der Waals surface area (Å²) >= 11 is 0. The van der Waals surface area contributed by atoms with Crippen molar-refractivity contribution in [2.75, 3.05) is 0 Å². The average Bonchev–Trinajstić information content (AvgIpc) is 2.90. The lowest BCUT2D eigenvalue weighted by molar-refractivity contribution is 0.449. The molecule has 0 saturated carbocycles. The van der Waals surface area contributed by atoms with Gasteiger partial charge in [0.1, 0.15) is 23.0 Å². The molecule has 0 spiro atoms. The van der Waals surface area contributed by atoms with Crippen molar-refractivity contribution in [2.45, 2.75) is 111 Å². The first-order valence-electron chi connectivity index (χ1n) is 16.1. The van der Waals surface area contributed by atoms with Crippen LogP contribution in [-0.2, 0) is 41.9 Å². The van der Waals surface area contributed by atoms with Crippen molar-refractivity contribution in [3.05, 3.63) is 115 Å². The Hall–Kier alpha value is -3.92. The Labute approximate surface area is 269 Å². The van der Waals surface area contributed by atoms with Crippen LogP contribution in [0.3, 0.4) is 0 Å². The molecule has 0 aromatic heterocycles. The van der Waals surface area contributed by atoms with Gasteiger partial charge in [-0.15, -0.1) is 0 Å². The van der Waals surface area contributed by atoms with Crippen LogP contribution in [0.1, 0.15) is 129 Å². The number of benzene rings is 4. The maximum atomic E-state index is 11.8. The SMILES string of the molecule is Cc1cc2c(O)c(c1)Cc1cc(C(C)(C)C)cc(c1O)Cc1cc(C(C)(C)C)cc(c1O)Cc1cc(C(C)(C)C)cc(c1O)C2. The molecule has 0 fully saturated rings. The van der Waals surface area contributed by atoms with Gasteiger partial charge in [0, 0.05) is 25.7 Å². The van der Waals surface area contributed by atoms with Crippen molar-refractivity contribution in [3.8, 4) is 23.0 Å². The van der Waals surface area contributed by atoms with Crippen LogP contribution in [0.2, 0.25) is 0 Å². The fourth-order valence-electron chi connectivity index (χ4n) is 6.41. The van der Waals surface area contributed by atoms with Crippen molar-refractivity contribution >= 4 is 0 Å². The van der Waals surface area contributed by atoms with Gasteiger partial charge >= 0.3 is 0 Å². The lowest BCUT2D eigenvalue weighted by Gasteiger charge is -2.26. The van der Waals surface area contributed by atoms with E-state index in [1.54, 1.807) is 0 Å². The van der Waals surface area contributed by atoms with Gasteiger partial charge in [-0.1, -0.05) is 116 Å². The standard InChI is InChI=1S/C41H50O4/c1-23-11-24-13-26-17-32(39(2,3)4)19-28(36(26)43)15-30-21-34(41(8,9)10)22-31(38(30)45)16-29-20-33(40(5,6)7)18-27(37(29)44)14-25(12-23)35(24)42/h11-12,17-22,42-45H,13-16H2,1-10H3. The summed E-state index contributed by atoms with van der Waals surface area (Å²) in [6.45, 7) is 21.4. The minimum atomic E-state index is -0.183. The largest absolute Gasteiger partial charge is 0.507 e. The number of fused-ring (bicyclic) bond motifs is 8. The molecule has 238 valence electrons. The number of phenols is 4. The Morgan fingerprint density at radius 3 is 0.711 bits per heavy atom. The third-order valence-electron chi connectivity index (χ3n) is 9.34. The van der Waals surface area contributed by atoms with E-state index in [4.69, 9.17) is 0 Å². The zero-order valence-electron chi connectivity index (χ0n) is 28.7. The number of aromatic hydroxyl groups is 4. The molecule has 4 N–H and O–H groups in total. The average molecular weight is 607 g/mol. The number of phenolic OH excluding ortho intramolecular Hbond substituents is 4. The summed E-state index contributed by atoms with van der Waals surface area (Å²) in [4.78, 5) is 0. The highest BCUT2D eigenvalue weighted by Crippen LogP contribution is 2.42. The molecule has 4 nitrogen and oxygen atoms in total. The molecule has 0 atom stereocenters. The highest BCUT2D eigenvalue weighted by atomic mass is 16.3. The second-order valence-corrected chi connectivity index (χ2v) is 16.3. The Kier molecular flexibility index (Phi) is 8.05. The Bertz CT molecular complexity index is 1670. The molecule has 4 aromatic carbocycles. The number of rotatable bonds is 0. The minimum Gasteiger partial charge on any atom is -0.507 e. The summed E-state index contributed by atoms with van der Waals surface area (Å²) in [6.07, 6.45) is 1.38. The zero-order chi connectivity index (χ0) is 33.2. The van der Waals surface area contributed by atoms with E-state index in [9.17, 15) is 20.4 Å². The molecular weight excluding hydrogens is 556 g/mol. The fraction of sp³-hybridized carbons (Fsp3) is 0.415. The summed E-state index contributed by atoms with van der Waals surface area (Å²) in [7, 11) is 0. The molecule has 45 heavy (non-hydrogen) atoms. The van der Waals surface area contributed by atoms with E-state index in [-0.39, 0.29) is 39.2 Å². The first-order valence-corrected chi connectivity index (χ1v) is 16.1. The predicted octanol–water partition coefficient (Wildman–Crippen LogP) is 9.39. The molecule has 0 aliphatic heterocycles. The third-order valence-corrected chi connectivity index (χ3v) is 9.34. The molecule has 0 unspecified atom stereocenters. The first kappa shape index (κ1) is 32.5. The van der Waals surface area contributed by atoms with Gasteiger partial charge in [-0.3, -0.25) is 0 Å². The first-order chi connectivity index (χ1) is 20.7. The Morgan fingerprint density at radius 2 is 0.533 bits per heavy atom. The second-order valence-electron chi connectivity index (χ2n) is 16.3. The van der Waals surface area contributed by atoms with Crippen LogP contribution in [0, 0.1) is 6.92 Å². The van der Waals surface area contributed by atoms with Gasteiger partial charge in [0.15, 0.2) is 0 Å². The molecule has 1 aliphatic carbocycles. The summed E-state index contributed by atoms with van der Waals surface area (Å²) in [6, 6.07) is 16.3. The van der Waals surface area contributed by atoms with E-state index in [0.29, 0.717) is 25.7 Å². The van der Waals surface area contributed by atoms with Crippen molar-refractivity contribution in [1.29, 1.82) is 0 Å². The highest BCUT2D eigenvalue weighted by Gasteiger charge is 2.26. The van der Waals surface area contributed by atoms with Crippen LogP contribution in [0.5, 0.6) is 23.0 Å². The molecular formula is C41H50O4. The lowest BCUT2D eigenvalue weighted by Crippen LogP contribution is -2.15. The molecule has 1 aliphatic rings. The van der Waals surface area contributed by atoms with Crippen molar-refractivity contribution in [2.24, 2.45) is 0 Å². The van der Waals surface area contributed by atoms with Gasteiger partial charge < -0.3 is 20.4 Å². The van der Waals surface area contributed by atoms with Gasteiger partial charge in [0.2, 0.25) is 0 Å². The van der Waals surface area contributed by atoms with Crippen LogP contribution in [0.25, 0.3) is 0 Å². The number of aryl methyl sites for hydroxylation is 1. The number of hydrogen-bond donors (Lipinski definition) is 4. The van der Waals surface area contributed by atoms with Crippen molar-refractivity contribution in [3.63, 3.8) is 0 Å². The Morgan fingerprint density at radius 1 is 0.356 bits per heavy atom. The molecule has 8 bridgehead atoms. The highest BCUT2D eigenvalue weighted by molar-refractivity contribution is 5.58. The maximum Gasteiger partial charge on any atom is 0.122 e. The Balaban J connectivity index is 1.86. The van der Waals surface area contributed by atoms with Gasteiger partial charge in [-0.25, -0.2) is 0 Å². The van der Waals surface area contributed by atoms with Crippen LogP contribution < -0.4 is 0 Å². The van der Waals surface area contributed by atoms with Gasteiger partial charge in [0.25, 0.3) is 0 Å². The van der Waals surface area contributed by atoms with Crippen LogP contribution in [0.4, 0.5) is 0 Å². The smallest absolute Gasteiger partial charge is 0.122 e. The third kappa shape index (κ3) is 6.57. The zero-order valence-corrected chi connectivity index (χ0v) is 28.7. The van der Waals surface area contributed by atoms with Crippen LogP contribution in [0.15, 0.2) is 48.5 Å². The molecule has 4 heteroatoms. The number of hydrogen-bond acceptors (Lipinski definition) is 4. The van der Waals surface area contributed by atoms with E-state index in [2.05, 4.69) is 86.6 Å². The van der Waals surface area contributed by atoms with E-state index >= 15 is 0 Å². The summed E-state index contributed by atoms with van der Waals surface area (Å²) in [5.41, 5.74) is 9.62. The van der Waals surface area contributed by atoms with Crippen molar-refractivity contribution < 1.29 is 20.4 Å². The molecule has 4 aromatic rings. The van der Waals surface area contributed by atoms with Crippen LogP contribution >= 0.6 is 0 Å². The maximum absolute atomic E-state index is 11.8. The molecule has 0 heterocycles. The van der Waals surface area contributed by atoms with E-state index < -0.39 is 0 Å². The topological polar surface area (TPSA) is 80.9 Å². The van der Waals surface area contributed by atoms with Crippen LogP contribution in [-0.4, -0.2) is 20.4 Å². The van der Waals surface area contributed by atoms with Gasteiger partial charge in [-0.2, -0.15) is 0 Å². The summed E-state index contributed by atoms with van der Waals surface area (Å²) in [5.74, 6) is 0.766. The van der Waals surface area contributed by atoms with Gasteiger partial charge in [0.05, 0.1) is 0 Å². The normalized spacial score (nSPS) is 14.0. The molecule has 5 rings (SSSR count). The molecule has 0 saturated heterocycles. The van der Waals surface area contributed by atoms with E-state index in [1.807, 2.05) is 31.2 Å². The molecule has 0 radical (unpaired) electrons. The van der Waals surface area contributed by atoms with Gasteiger partial charge in [-0.05, 0) is 84.4 Å². The quantitative estimate of drug-likeness (QED) is 0.142. The summed E-state index contributed by atoms with van der Waals surface area (Å²) in [5, 5.41) is 46.9. The van der Waals surface area contributed by atoms with E-state index in [1.165, 1.54) is 0 Å². The summed E-state index contributed by atoms with van der Waals surface area (Å²) < 4.78 is 0. The fourth-order valence-corrected chi connectivity index (χ4v) is 6.41. The second kappa shape index (κ2) is 11.2. The predicted molar refractivity (Wildman–Crippen MR) is 184 cm³/mol. The van der Waals surface area contributed by atoms with Crippen molar-refractivity contribution in [1.82, 2.24) is 0 Å². The minimum absolute atomic E-state index is 0.177. The van der Waals surface area contributed by atoms with E-state index in [0.717, 1.165) is 66.8 Å². The monoisotopic (exact) mass is 606 g/mol.